The largest absolute Gasteiger partial charge is 0.497 e. The van der Waals surface area contributed by atoms with E-state index in [1.165, 1.54) is 13.2 Å². The Labute approximate surface area is 204 Å². The Morgan fingerprint density at radius 1 is 1.26 bits per heavy atom. The Hall–Kier alpha value is -3.49. The lowest BCUT2D eigenvalue weighted by Crippen LogP contribution is -2.46. The molecule has 4 rings (SSSR count). The minimum atomic E-state index is -0.707. The zero-order valence-corrected chi connectivity index (χ0v) is 19.9. The molecule has 2 aliphatic rings. The molecule has 2 fully saturated rings. The molecule has 1 aromatic carbocycles. The van der Waals surface area contributed by atoms with Crippen molar-refractivity contribution in [3.8, 4) is 5.75 Å². The van der Waals surface area contributed by atoms with E-state index >= 15 is 0 Å². The van der Waals surface area contributed by atoms with Crippen LogP contribution in [0.25, 0.3) is 0 Å². The number of hydrogen-bond donors (Lipinski definition) is 2. The second-order valence-corrected chi connectivity index (χ2v) is 9.40. The molecule has 2 N–H and O–H groups in total. The minimum Gasteiger partial charge on any atom is -0.497 e. The molecule has 0 radical (unpaired) electrons. The normalized spacial score (nSPS) is 21.5. The maximum Gasteiger partial charge on any atom is 0.223 e. The van der Waals surface area contributed by atoms with Crippen LogP contribution in [0.4, 0.5) is 4.39 Å². The summed E-state index contributed by atoms with van der Waals surface area (Å²) in [5, 5.41) is 5.95. The molecule has 9 heteroatoms. The van der Waals surface area contributed by atoms with Crippen LogP contribution in [-0.4, -0.2) is 52.8 Å². The Morgan fingerprint density at radius 2 is 2.11 bits per heavy atom. The SMILES string of the molecule is COc1ccc(F)c(C[C@]2(CCC(=O)N(Cc3cccnc3)C[C@@H]3CCC(=O)N3)CCC(=O)N2)c1. The lowest BCUT2D eigenvalue weighted by molar-refractivity contribution is -0.133. The smallest absolute Gasteiger partial charge is 0.223 e. The summed E-state index contributed by atoms with van der Waals surface area (Å²) < 4.78 is 19.8. The highest BCUT2D eigenvalue weighted by atomic mass is 19.1. The average molecular weight is 483 g/mol. The molecule has 0 aliphatic carbocycles. The van der Waals surface area contributed by atoms with Crippen LogP contribution in [0.5, 0.6) is 5.75 Å². The van der Waals surface area contributed by atoms with Gasteiger partial charge in [-0.05, 0) is 61.1 Å². The zero-order valence-electron chi connectivity index (χ0n) is 19.9. The number of carbonyl (C=O) groups excluding carboxylic acids is 3. The number of amides is 3. The van der Waals surface area contributed by atoms with E-state index in [2.05, 4.69) is 15.6 Å². The number of benzene rings is 1. The van der Waals surface area contributed by atoms with Crippen molar-refractivity contribution >= 4 is 17.7 Å². The molecule has 0 unspecified atom stereocenters. The van der Waals surface area contributed by atoms with Crippen LogP contribution in [0, 0.1) is 5.82 Å². The third-order valence-corrected chi connectivity index (χ3v) is 6.81. The van der Waals surface area contributed by atoms with Crippen LogP contribution in [0.1, 0.15) is 49.7 Å². The van der Waals surface area contributed by atoms with E-state index < -0.39 is 5.54 Å². The first-order valence-electron chi connectivity index (χ1n) is 12.0. The summed E-state index contributed by atoms with van der Waals surface area (Å²) in [6, 6.07) is 8.19. The first-order valence-corrected chi connectivity index (χ1v) is 12.0. The van der Waals surface area contributed by atoms with Gasteiger partial charge in [0.15, 0.2) is 0 Å². The molecular weight excluding hydrogens is 451 g/mol. The quantitative estimate of drug-likeness (QED) is 0.542. The second kappa shape index (κ2) is 10.8. The highest BCUT2D eigenvalue weighted by Gasteiger charge is 2.39. The fourth-order valence-electron chi connectivity index (χ4n) is 4.91. The van der Waals surface area contributed by atoms with Gasteiger partial charge in [-0.25, -0.2) is 4.39 Å². The van der Waals surface area contributed by atoms with E-state index in [1.807, 2.05) is 12.1 Å². The van der Waals surface area contributed by atoms with Crippen LogP contribution in [0.15, 0.2) is 42.7 Å². The number of methoxy groups -OCH3 is 1. The lowest BCUT2D eigenvalue weighted by atomic mass is 9.84. The molecule has 8 nitrogen and oxygen atoms in total. The molecule has 0 spiro atoms. The van der Waals surface area contributed by atoms with E-state index in [9.17, 15) is 18.8 Å². The van der Waals surface area contributed by atoms with Crippen molar-refractivity contribution < 1.29 is 23.5 Å². The first-order chi connectivity index (χ1) is 16.9. The van der Waals surface area contributed by atoms with Crippen LogP contribution < -0.4 is 15.4 Å². The van der Waals surface area contributed by atoms with Crippen molar-refractivity contribution in [2.24, 2.45) is 0 Å². The monoisotopic (exact) mass is 482 g/mol. The van der Waals surface area contributed by atoms with E-state index in [0.29, 0.717) is 56.5 Å². The Bertz CT molecular complexity index is 1080. The zero-order chi connectivity index (χ0) is 24.8. The molecule has 3 amide bonds. The molecule has 2 atom stereocenters. The van der Waals surface area contributed by atoms with Crippen molar-refractivity contribution in [1.29, 1.82) is 0 Å². The van der Waals surface area contributed by atoms with Crippen molar-refractivity contribution in [2.45, 2.75) is 63.1 Å². The maximum absolute atomic E-state index is 14.6. The summed E-state index contributed by atoms with van der Waals surface area (Å²) in [6.45, 7) is 0.784. The van der Waals surface area contributed by atoms with E-state index in [-0.39, 0.29) is 42.4 Å². The highest BCUT2D eigenvalue weighted by Crippen LogP contribution is 2.32. The number of hydrogen-bond acceptors (Lipinski definition) is 5. The summed E-state index contributed by atoms with van der Waals surface area (Å²) in [5.74, 6) is -0.00831. The third-order valence-electron chi connectivity index (χ3n) is 6.81. The number of nitrogens with zero attached hydrogens (tertiary/aromatic N) is 2. The van der Waals surface area contributed by atoms with Gasteiger partial charge in [0, 0.05) is 56.3 Å². The topological polar surface area (TPSA) is 101 Å². The Kier molecular flexibility index (Phi) is 7.63. The molecule has 2 saturated heterocycles. The number of rotatable bonds is 10. The average Bonchev–Trinajstić information content (AvgIpc) is 3.44. The molecule has 1 aromatic heterocycles. The van der Waals surface area contributed by atoms with E-state index in [0.717, 1.165) is 5.56 Å². The van der Waals surface area contributed by atoms with Crippen molar-refractivity contribution in [3.05, 3.63) is 59.7 Å². The van der Waals surface area contributed by atoms with Crippen molar-refractivity contribution in [1.82, 2.24) is 20.5 Å². The van der Waals surface area contributed by atoms with Gasteiger partial charge in [-0.3, -0.25) is 19.4 Å². The summed E-state index contributed by atoms with van der Waals surface area (Å²) in [7, 11) is 1.52. The van der Waals surface area contributed by atoms with Crippen molar-refractivity contribution in [3.63, 3.8) is 0 Å². The predicted molar refractivity (Wildman–Crippen MR) is 127 cm³/mol. The van der Waals surface area contributed by atoms with Gasteiger partial charge in [0.2, 0.25) is 17.7 Å². The molecule has 0 bridgehead atoms. The van der Waals surface area contributed by atoms with Gasteiger partial charge in [0.25, 0.3) is 0 Å². The number of halogens is 1. The third kappa shape index (κ3) is 6.35. The van der Waals surface area contributed by atoms with Gasteiger partial charge < -0.3 is 20.3 Å². The first kappa shape index (κ1) is 24.6. The number of pyridine rings is 1. The van der Waals surface area contributed by atoms with Gasteiger partial charge >= 0.3 is 0 Å². The van der Waals surface area contributed by atoms with Gasteiger partial charge in [-0.15, -0.1) is 0 Å². The molecule has 35 heavy (non-hydrogen) atoms. The van der Waals surface area contributed by atoms with Crippen LogP contribution in [-0.2, 0) is 27.3 Å². The van der Waals surface area contributed by atoms with Gasteiger partial charge in [0.05, 0.1) is 7.11 Å². The second-order valence-electron chi connectivity index (χ2n) is 9.40. The number of carbonyl (C=O) groups is 3. The van der Waals surface area contributed by atoms with Gasteiger partial charge in [0.1, 0.15) is 11.6 Å². The molecule has 0 saturated carbocycles. The van der Waals surface area contributed by atoms with Crippen LogP contribution in [0.2, 0.25) is 0 Å². The number of nitrogens with one attached hydrogen (secondary N) is 2. The van der Waals surface area contributed by atoms with Crippen molar-refractivity contribution in [2.75, 3.05) is 13.7 Å². The molecule has 186 valence electrons. The predicted octanol–water partition coefficient (Wildman–Crippen LogP) is 2.51. The molecule has 2 aromatic rings. The maximum atomic E-state index is 14.6. The standard InChI is InChI=1S/C26H31FN4O4/c1-35-21-5-6-22(27)19(13-21)14-26(10-8-24(33)30-26)11-9-25(34)31(16-18-3-2-12-28-15-18)17-20-4-7-23(32)29-20/h2-3,5-6,12-13,15,20H,4,7-11,14,16-17H2,1H3,(H,29,32)(H,30,33)/t20-,26+/m0/s1. The molecular formula is C26H31FN4O4. The van der Waals surface area contributed by atoms with E-state index in [4.69, 9.17) is 4.74 Å². The molecule has 3 heterocycles. The summed E-state index contributed by atoms with van der Waals surface area (Å²) >= 11 is 0. The summed E-state index contributed by atoms with van der Waals surface area (Å²) in [4.78, 5) is 43.1. The summed E-state index contributed by atoms with van der Waals surface area (Å²) in [5.41, 5.74) is 0.633. The van der Waals surface area contributed by atoms with Crippen LogP contribution in [0.3, 0.4) is 0 Å². The minimum absolute atomic E-state index is 0.00304. The van der Waals surface area contributed by atoms with Gasteiger partial charge in [-0.2, -0.15) is 0 Å². The lowest BCUT2D eigenvalue weighted by Gasteiger charge is -2.31. The number of aromatic nitrogens is 1. The van der Waals surface area contributed by atoms with Crippen LogP contribution >= 0.6 is 0 Å². The fraction of sp³-hybridized carbons (Fsp3) is 0.462. The Morgan fingerprint density at radius 3 is 2.77 bits per heavy atom. The highest BCUT2D eigenvalue weighted by molar-refractivity contribution is 5.81. The summed E-state index contributed by atoms with van der Waals surface area (Å²) in [6.07, 6.45) is 6.25. The molecule has 2 aliphatic heterocycles. The van der Waals surface area contributed by atoms with E-state index in [1.54, 1.807) is 29.4 Å². The van der Waals surface area contributed by atoms with Gasteiger partial charge in [-0.1, -0.05) is 6.07 Å². The number of ether oxygens (including phenoxy) is 1. The fourth-order valence-corrected chi connectivity index (χ4v) is 4.91. The Balaban J connectivity index is 1.48.